The zero-order valence-corrected chi connectivity index (χ0v) is 20.5. The van der Waals surface area contributed by atoms with Gasteiger partial charge in [0, 0.05) is 11.0 Å². The van der Waals surface area contributed by atoms with Crippen molar-refractivity contribution in [2.24, 2.45) is 17.3 Å². The van der Waals surface area contributed by atoms with Gasteiger partial charge in [0.2, 0.25) is 0 Å². The summed E-state index contributed by atoms with van der Waals surface area (Å²) in [6.07, 6.45) is 3.61. The summed E-state index contributed by atoms with van der Waals surface area (Å²) in [5.74, 6) is 0.139. The van der Waals surface area contributed by atoms with E-state index in [1.165, 1.54) is 0 Å². The van der Waals surface area contributed by atoms with E-state index in [1.807, 2.05) is 20.1 Å². The molecule has 9 atom stereocenters. The molecule has 0 radical (unpaired) electrons. The van der Waals surface area contributed by atoms with Gasteiger partial charge in [0.1, 0.15) is 47.2 Å². The number of aliphatic hydroxyl groups is 1. The summed E-state index contributed by atoms with van der Waals surface area (Å²) >= 11 is 1.63. The topological polar surface area (TPSA) is 80.8 Å². The van der Waals surface area contributed by atoms with Crippen molar-refractivity contribution in [3.05, 3.63) is 11.1 Å². The van der Waals surface area contributed by atoms with Crippen LogP contribution in [0, 0.1) is 17.3 Å². The third-order valence-electron chi connectivity index (χ3n) is 9.22. The monoisotopic (exact) mass is 452 g/mol. The van der Waals surface area contributed by atoms with E-state index in [-0.39, 0.29) is 40.9 Å². The number of ether oxygens (including phenoxy) is 4. The first-order chi connectivity index (χ1) is 14.5. The summed E-state index contributed by atoms with van der Waals surface area (Å²) < 4.78 is 24.9. The summed E-state index contributed by atoms with van der Waals surface area (Å²) in [4.78, 5) is 12.3. The largest absolute Gasteiger partial charge is 0.458 e. The normalized spacial score (nSPS) is 51.2. The van der Waals surface area contributed by atoms with Gasteiger partial charge in [-0.25, -0.2) is 4.79 Å². The Bertz CT molecular complexity index is 838. The molecule has 174 valence electrons. The molecule has 1 unspecified atom stereocenters. The van der Waals surface area contributed by atoms with Gasteiger partial charge in [-0.2, -0.15) is 0 Å². The minimum atomic E-state index is -1.23. The van der Waals surface area contributed by atoms with Gasteiger partial charge in [0.05, 0.1) is 0 Å². The van der Waals surface area contributed by atoms with Gasteiger partial charge in [0.15, 0.2) is 0 Å². The van der Waals surface area contributed by atoms with Crippen LogP contribution in [0.5, 0.6) is 0 Å². The number of carbonyl (C=O) groups excluding carboxylic acids is 1. The Balaban J connectivity index is 1.59. The molecule has 1 N–H and O–H groups in total. The number of cyclic esters (lactones) is 1. The average molecular weight is 453 g/mol. The first-order valence-electron chi connectivity index (χ1n) is 11.7. The molecule has 2 aliphatic carbocycles. The lowest BCUT2D eigenvalue weighted by molar-refractivity contribution is -0.204. The van der Waals surface area contributed by atoms with Crippen LogP contribution in [0.15, 0.2) is 11.1 Å². The van der Waals surface area contributed by atoms with Crippen LogP contribution in [-0.4, -0.2) is 64.5 Å². The van der Waals surface area contributed by atoms with Gasteiger partial charge >= 0.3 is 5.97 Å². The molecule has 1 saturated carbocycles. The summed E-state index contributed by atoms with van der Waals surface area (Å²) in [5, 5.41) is 12.3. The molecule has 3 aliphatic heterocycles. The van der Waals surface area contributed by atoms with Gasteiger partial charge in [-0.1, -0.05) is 27.7 Å². The number of hydrogen-bond donors (Lipinski definition) is 1. The molecule has 0 amide bonds. The van der Waals surface area contributed by atoms with E-state index < -0.39 is 22.9 Å². The number of thioether (sulfide) groups is 1. The van der Waals surface area contributed by atoms with E-state index in [0.29, 0.717) is 13.0 Å². The van der Waals surface area contributed by atoms with E-state index in [4.69, 9.17) is 18.9 Å². The predicted molar refractivity (Wildman–Crippen MR) is 118 cm³/mol. The Hall–Kier alpha value is -0.600. The number of epoxide rings is 2. The van der Waals surface area contributed by atoms with Crippen molar-refractivity contribution < 1.29 is 28.8 Å². The third-order valence-corrected chi connectivity index (χ3v) is 9.99. The minimum Gasteiger partial charge on any atom is -0.458 e. The smallest absolute Gasteiger partial charge is 0.334 e. The maximum atomic E-state index is 12.3. The number of carbonyl (C=O) groups is 1. The fraction of sp³-hybridized carbons (Fsp3) is 0.875. The maximum Gasteiger partial charge on any atom is 0.334 e. The summed E-state index contributed by atoms with van der Waals surface area (Å²) in [6.45, 7) is 13.0. The van der Waals surface area contributed by atoms with Crippen LogP contribution >= 0.6 is 11.8 Å². The molecule has 5 aliphatic rings. The molecule has 0 bridgehead atoms. The number of esters is 1. The van der Waals surface area contributed by atoms with Crippen LogP contribution in [0.4, 0.5) is 0 Å². The Morgan fingerprint density at radius 3 is 2.55 bits per heavy atom. The molecule has 31 heavy (non-hydrogen) atoms. The van der Waals surface area contributed by atoms with Crippen molar-refractivity contribution in [1.82, 2.24) is 0 Å². The van der Waals surface area contributed by atoms with Crippen LogP contribution in [0.25, 0.3) is 0 Å². The molecule has 7 heteroatoms. The van der Waals surface area contributed by atoms with E-state index in [2.05, 4.69) is 27.7 Å². The standard InChI is InChI=1S/C24H36O6S/c1-8-16-15-11-27-19(25)14(15)9-10-21(16,5)24-18(30-24)17-23(29-17,12(2)3)20(22(24,6)26)28-13(4)31-7/h12-13,16-18,20,26H,8-11H2,1-7H3/t13?,16-,17-,18-,20-,21-,22+,23-,24+/m0/s1. The van der Waals surface area contributed by atoms with Crippen LogP contribution < -0.4 is 0 Å². The van der Waals surface area contributed by atoms with Gasteiger partial charge in [-0.3, -0.25) is 0 Å². The Morgan fingerprint density at radius 2 is 1.94 bits per heavy atom. The van der Waals surface area contributed by atoms with E-state index in [1.54, 1.807) is 11.8 Å². The molecular weight excluding hydrogens is 416 g/mol. The Labute approximate surface area is 189 Å². The third kappa shape index (κ3) is 2.48. The molecule has 0 aromatic carbocycles. The van der Waals surface area contributed by atoms with Crippen molar-refractivity contribution >= 4 is 17.7 Å². The first kappa shape index (κ1) is 22.2. The minimum absolute atomic E-state index is 0.0689. The number of fused-ring (bicyclic) bond motifs is 3. The Morgan fingerprint density at radius 1 is 1.23 bits per heavy atom. The van der Waals surface area contributed by atoms with Crippen molar-refractivity contribution in [3.63, 3.8) is 0 Å². The molecule has 3 fully saturated rings. The van der Waals surface area contributed by atoms with Crippen LogP contribution in [0.2, 0.25) is 0 Å². The van der Waals surface area contributed by atoms with E-state index in [0.717, 1.165) is 24.0 Å². The molecule has 3 heterocycles. The maximum absolute atomic E-state index is 12.3. The number of rotatable bonds is 6. The zero-order chi connectivity index (χ0) is 22.6. The van der Waals surface area contributed by atoms with Gasteiger partial charge in [-0.05, 0) is 56.8 Å². The fourth-order valence-electron chi connectivity index (χ4n) is 7.58. The highest BCUT2D eigenvalue weighted by Gasteiger charge is 2.92. The van der Waals surface area contributed by atoms with Crippen molar-refractivity contribution in [1.29, 1.82) is 0 Å². The number of hydrogen-bond acceptors (Lipinski definition) is 7. The van der Waals surface area contributed by atoms with Crippen molar-refractivity contribution in [2.45, 2.75) is 101 Å². The van der Waals surface area contributed by atoms with Crippen LogP contribution in [0.3, 0.4) is 0 Å². The fourth-order valence-corrected chi connectivity index (χ4v) is 7.80. The van der Waals surface area contributed by atoms with Crippen molar-refractivity contribution in [2.75, 3.05) is 12.9 Å². The van der Waals surface area contributed by atoms with Crippen LogP contribution in [0.1, 0.15) is 60.8 Å². The summed E-state index contributed by atoms with van der Waals surface area (Å²) in [5.41, 5.74) is -0.996. The second kappa shape index (κ2) is 6.72. The quantitative estimate of drug-likeness (QED) is 0.375. The van der Waals surface area contributed by atoms with Crippen molar-refractivity contribution in [3.8, 4) is 0 Å². The van der Waals surface area contributed by atoms with Gasteiger partial charge in [-0.15, -0.1) is 11.8 Å². The lowest BCUT2D eigenvalue weighted by atomic mass is 9.50. The Kier molecular flexibility index (Phi) is 4.81. The van der Waals surface area contributed by atoms with E-state index >= 15 is 0 Å². The second-order valence-electron chi connectivity index (χ2n) is 10.7. The highest BCUT2D eigenvalue weighted by Crippen LogP contribution is 2.75. The summed E-state index contributed by atoms with van der Waals surface area (Å²) in [6, 6.07) is 0. The molecule has 0 aromatic rings. The highest BCUT2D eigenvalue weighted by molar-refractivity contribution is 7.99. The molecule has 6 nitrogen and oxygen atoms in total. The molecule has 2 saturated heterocycles. The van der Waals surface area contributed by atoms with E-state index in [9.17, 15) is 9.90 Å². The second-order valence-corrected chi connectivity index (χ2v) is 11.9. The highest BCUT2D eigenvalue weighted by atomic mass is 32.2. The SMILES string of the molecule is CC[C@H]1C2=C(CC[C@]1(C)[C@]13O[C@H]1[C@@H]1O[C@]1(C(C)C)[C@@H](OC(C)SC)[C@@]3(C)O)C(=O)OC2. The summed E-state index contributed by atoms with van der Waals surface area (Å²) in [7, 11) is 0. The lowest BCUT2D eigenvalue weighted by Crippen LogP contribution is -2.71. The first-order valence-corrected chi connectivity index (χ1v) is 13.0. The zero-order valence-electron chi connectivity index (χ0n) is 19.7. The van der Waals surface area contributed by atoms with Gasteiger partial charge < -0.3 is 24.1 Å². The average Bonchev–Trinajstić information content (AvgIpc) is 3.60. The molecule has 0 spiro atoms. The van der Waals surface area contributed by atoms with Crippen LogP contribution in [-0.2, 0) is 23.7 Å². The lowest BCUT2D eigenvalue weighted by Gasteiger charge is -2.55. The molecule has 0 aromatic heterocycles. The van der Waals surface area contributed by atoms with Gasteiger partial charge in [0.25, 0.3) is 0 Å². The molecular formula is C24H36O6S. The molecule has 5 rings (SSSR count). The predicted octanol–water partition coefficient (Wildman–Crippen LogP) is 3.46.